The van der Waals surface area contributed by atoms with Crippen LogP contribution in [0.25, 0.3) is 0 Å². The van der Waals surface area contributed by atoms with Crippen molar-refractivity contribution in [3.05, 3.63) is 23.0 Å². The summed E-state index contributed by atoms with van der Waals surface area (Å²) in [6, 6.07) is 0. The van der Waals surface area contributed by atoms with Crippen molar-refractivity contribution in [1.82, 2.24) is 14.8 Å². The standard InChI is InChI=1S/C12H15N5OS/c1-2-17-5-8(13)10(16-17)11(18)15-12-14-9(6-19-12)7-3-4-7/h5-7H,2-4,13H2,1H3,(H,14,15,18). The first-order valence-corrected chi connectivity index (χ1v) is 7.15. The van der Waals surface area contributed by atoms with Gasteiger partial charge in [-0.25, -0.2) is 4.98 Å². The van der Waals surface area contributed by atoms with Gasteiger partial charge < -0.3 is 5.73 Å². The van der Waals surface area contributed by atoms with Gasteiger partial charge in [-0.05, 0) is 19.8 Å². The number of nitrogen functional groups attached to an aromatic ring is 1. The first-order valence-electron chi connectivity index (χ1n) is 6.27. The molecule has 19 heavy (non-hydrogen) atoms. The van der Waals surface area contributed by atoms with Gasteiger partial charge in [0.2, 0.25) is 0 Å². The number of anilines is 2. The number of rotatable bonds is 4. The molecule has 0 aromatic carbocycles. The van der Waals surface area contributed by atoms with E-state index < -0.39 is 0 Å². The number of nitrogens with two attached hydrogens (primary N) is 1. The Labute approximate surface area is 114 Å². The van der Waals surface area contributed by atoms with Gasteiger partial charge in [-0.3, -0.25) is 14.8 Å². The zero-order chi connectivity index (χ0) is 13.4. The second kappa shape index (κ2) is 4.65. The highest BCUT2D eigenvalue weighted by Gasteiger charge is 2.26. The number of thiazole rings is 1. The third-order valence-electron chi connectivity index (χ3n) is 3.07. The highest BCUT2D eigenvalue weighted by atomic mass is 32.1. The molecule has 0 saturated heterocycles. The lowest BCUT2D eigenvalue weighted by Gasteiger charge is -1.99. The quantitative estimate of drug-likeness (QED) is 0.895. The van der Waals surface area contributed by atoms with Gasteiger partial charge in [0.05, 0.1) is 11.4 Å². The minimum Gasteiger partial charge on any atom is -0.396 e. The van der Waals surface area contributed by atoms with Gasteiger partial charge in [0.15, 0.2) is 10.8 Å². The Morgan fingerprint density at radius 3 is 3.05 bits per heavy atom. The summed E-state index contributed by atoms with van der Waals surface area (Å²) in [7, 11) is 0. The smallest absolute Gasteiger partial charge is 0.280 e. The molecule has 1 amide bonds. The Morgan fingerprint density at radius 2 is 2.42 bits per heavy atom. The average Bonchev–Trinajstić information content (AvgIpc) is 3.02. The van der Waals surface area contributed by atoms with Crippen LogP contribution >= 0.6 is 11.3 Å². The molecule has 6 nitrogen and oxygen atoms in total. The van der Waals surface area contributed by atoms with E-state index in [4.69, 9.17) is 5.73 Å². The van der Waals surface area contributed by atoms with Crippen molar-refractivity contribution < 1.29 is 4.79 Å². The van der Waals surface area contributed by atoms with Crippen LogP contribution in [-0.4, -0.2) is 20.7 Å². The van der Waals surface area contributed by atoms with E-state index in [1.807, 2.05) is 12.3 Å². The fourth-order valence-corrected chi connectivity index (χ4v) is 2.63. The summed E-state index contributed by atoms with van der Waals surface area (Å²) in [5, 5.41) is 9.50. The Hall–Kier alpha value is -1.89. The van der Waals surface area contributed by atoms with Crippen molar-refractivity contribution in [2.45, 2.75) is 32.2 Å². The molecule has 0 bridgehead atoms. The summed E-state index contributed by atoms with van der Waals surface area (Å²) in [5.74, 6) is 0.285. The Balaban J connectivity index is 1.73. The molecule has 2 aromatic rings. The van der Waals surface area contributed by atoms with Crippen LogP contribution in [0.15, 0.2) is 11.6 Å². The first kappa shape index (κ1) is 12.2. The predicted octanol–water partition coefficient (Wildman–Crippen LogP) is 2.07. The van der Waals surface area contributed by atoms with Crippen LogP contribution in [0.3, 0.4) is 0 Å². The van der Waals surface area contributed by atoms with E-state index in [-0.39, 0.29) is 11.6 Å². The number of hydrogen-bond acceptors (Lipinski definition) is 5. The summed E-state index contributed by atoms with van der Waals surface area (Å²) in [6.07, 6.45) is 4.06. The molecular weight excluding hydrogens is 262 g/mol. The third kappa shape index (κ3) is 2.46. The molecule has 0 spiro atoms. The zero-order valence-corrected chi connectivity index (χ0v) is 11.4. The molecule has 0 aliphatic heterocycles. The topological polar surface area (TPSA) is 85.8 Å². The molecular formula is C12H15N5OS. The van der Waals surface area contributed by atoms with Crippen LogP contribution in [0.4, 0.5) is 10.8 Å². The van der Waals surface area contributed by atoms with Crippen LogP contribution in [0, 0.1) is 0 Å². The van der Waals surface area contributed by atoms with E-state index in [1.54, 1.807) is 10.9 Å². The van der Waals surface area contributed by atoms with Crippen molar-refractivity contribution in [2.75, 3.05) is 11.1 Å². The fourth-order valence-electron chi connectivity index (χ4n) is 1.84. The number of nitrogens with one attached hydrogen (secondary N) is 1. The summed E-state index contributed by atoms with van der Waals surface area (Å²) in [5.41, 5.74) is 7.49. The lowest BCUT2D eigenvalue weighted by Crippen LogP contribution is -2.14. The predicted molar refractivity (Wildman–Crippen MR) is 74.4 cm³/mol. The molecule has 0 unspecified atom stereocenters. The van der Waals surface area contributed by atoms with Crippen LogP contribution < -0.4 is 11.1 Å². The van der Waals surface area contributed by atoms with Crippen molar-refractivity contribution in [2.24, 2.45) is 0 Å². The molecule has 1 saturated carbocycles. The van der Waals surface area contributed by atoms with Crippen LogP contribution in [0.2, 0.25) is 0 Å². The monoisotopic (exact) mass is 277 g/mol. The minimum absolute atomic E-state index is 0.255. The molecule has 2 aromatic heterocycles. The normalized spacial score (nSPS) is 14.6. The lowest BCUT2D eigenvalue weighted by atomic mass is 10.3. The molecule has 1 aliphatic rings. The van der Waals surface area contributed by atoms with Gasteiger partial charge in [0.1, 0.15) is 0 Å². The van der Waals surface area contributed by atoms with E-state index in [1.165, 1.54) is 24.2 Å². The molecule has 3 N–H and O–H groups in total. The van der Waals surface area contributed by atoms with Gasteiger partial charge in [0, 0.05) is 24.0 Å². The van der Waals surface area contributed by atoms with Crippen molar-refractivity contribution in [3.8, 4) is 0 Å². The minimum atomic E-state index is -0.304. The highest BCUT2D eigenvalue weighted by molar-refractivity contribution is 7.14. The number of carbonyl (C=O) groups is 1. The molecule has 0 atom stereocenters. The summed E-state index contributed by atoms with van der Waals surface area (Å²) >= 11 is 1.44. The van der Waals surface area contributed by atoms with Gasteiger partial charge in [-0.2, -0.15) is 5.10 Å². The Kier molecular flexibility index (Phi) is 2.98. The van der Waals surface area contributed by atoms with Gasteiger partial charge in [-0.15, -0.1) is 11.3 Å². The second-order valence-electron chi connectivity index (χ2n) is 4.59. The number of aromatic nitrogens is 3. The maximum atomic E-state index is 12.1. The lowest BCUT2D eigenvalue weighted by molar-refractivity contribution is 0.102. The molecule has 2 heterocycles. The maximum Gasteiger partial charge on any atom is 0.280 e. The maximum absolute atomic E-state index is 12.1. The number of hydrogen-bond donors (Lipinski definition) is 2. The second-order valence-corrected chi connectivity index (χ2v) is 5.45. The summed E-state index contributed by atoms with van der Waals surface area (Å²) in [6.45, 7) is 2.62. The molecule has 7 heteroatoms. The first-order chi connectivity index (χ1) is 9.17. The highest BCUT2D eigenvalue weighted by Crippen LogP contribution is 2.40. The van der Waals surface area contributed by atoms with Gasteiger partial charge in [0.25, 0.3) is 5.91 Å². The van der Waals surface area contributed by atoms with Crippen molar-refractivity contribution in [3.63, 3.8) is 0 Å². The number of nitrogens with zero attached hydrogens (tertiary/aromatic N) is 3. The van der Waals surface area contributed by atoms with Crippen LogP contribution in [-0.2, 0) is 6.54 Å². The van der Waals surface area contributed by atoms with Gasteiger partial charge >= 0.3 is 0 Å². The van der Waals surface area contributed by atoms with E-state index in [0.717, 1.165) is 5.69 Å². The third-order valence-corrected chi connectivity index (χ3v) is 3.84. The SMILES string of the molecule is CCn1cc(N)c(C(=O)Nc2nc(C3CC3)cs2)n1. The van der Waals surface area contributed by atoms with Crippen molar-refractivity contribution >= 4 is 28.1 Å². The average molecular weight is 277 g/mol. The Bertz CT molecular complexity index is 613. The number of carbonyl (C=O) groups excluding carboxylic acids is 1. The molecule has 0 radical (unpaired) electrons. The van der Waals surface area contributed by atoms with Gasteiger partial charge in [-0.1, -0.05) is 0 Å². The number of aryl methyl sites for hydroxylation is 1. The molecule has 3 rings (SSSR count). The van der Waals surface area contributed by atoms with E-state index in [0.29, 0.717) is 23.3 Å². The van der Waals surface area contributed by atoms with E-state index >= 15 is 0 Å². The molecule has 100 valence electrons. The summed E-state index contributed by atoms with van der Waals surface area (Å²) < 4.78 is 1.64. The van der Waals surface area contributed by atoms with Crippen molar-refractivity contribution in [1.29, 1.82) is 0 Å². The number of amides is 1. The molecule has 1 aliphatic carbocycles. The largest absolute Gasteiger partial charge is 0.396 e. The molecule has 1 fully saturated rings. The van der Waals surface area contributed by atoms with E-state index in [2.05, 4.69) is 15.4 Å². The summed E-state index contributed by atoms with van der Waals surface area (Å²) in [4.78, 5) is 16.5. The van der Waals surface area contributed by atoms with Crippen LogP contribution in [0.5, 0.6) is 0 Å². The Morgan fingerprint density at radius 1 is 1.63 bits per heavy atom. The van der Waals surface area contributed by atoms with E-state index in [9.17, 15) is 4.79 Å². The van der Waals surface area contributed by atoms with Crippen LogP contribution in [0.1, 0.15) is 41.9 Å². The zero-order valence-electron chi connectivity index (χ0n) is 10.6. The fraction of sp³-hybridized carbons (Fsp3) is 0.417.